The van der Waals surface area contributed by atoms with Crippen molar-refractivity contribution in [1.29, 1.82) is 0 Å². The number of fused-ring (bicyclic) bond motifs is 1. The van der Waals surface area contributed by atoms with E-state index in [9.17, 15) is 4.79 Å². The molecule has 1 aliphatic rings. The van der Waals surface area contributed by atoms with E-state index < -0.39 is 5.91 Å². The van der Waals surface area contributed by atoms with Crippen LogP contribution >= 0.6 is 0 Å². The van der Waals surface area contributed by atoms with Crippen LogP contribution in [0.15, 0.2) is 41.5 Å². The van der Waals surface area contributed by atoms with Gasteiger partial charge in [-0.1, -0.05) is 0 Å². The number of imidazole rings is 1. The number of ether oxygens (including phenoxy) is 2. The van der Waals surface area contributed by atoms with Crippen molar-refractivity contribution in [3.63, 3.8) is 0 Å². The number of aryl methyl sites for hydroxylation is 1. The van der Waals surface area contributed by atoms with E-state index in [0.717, 1.165) is 37.4 Å². The Morgan fingerprint density at radius 1 is 1.31 bits per heavy atom. The summed E-state index contributed by atoms with van der Waals surface area (Å²) in [7, 11) is 1.80. The molecule has 5 heterocycles. The van der Waals surface area contributed by atoms with E-state index in [1.165, 1.54) is 6.26 Å². The number of hydrogen-bond acceptors (Lipinski definition) is 7. The molecule has 10 nitrogen and oxygen atoms in total. The third-order valence-corrected chi connectivity index (χ3v) is 5.36. The average Bonchev–Trinajstić information content (AvgIpc) is 3.55. The maximum atomic E-state index is 12.8. The highest BCUT2D eigenvalue weighted by molar-refractivity contribution is 6.03. The van der Waals surface area contributed by atoms with Gasteiger partial charge >= 0.3 is 0 Å². The van der Waals surface area contributed by atoms with E-state index in [0.29, 0.717) is 35.4 Å². The Kier molecular flexibility index (Phi) is 5.36. The Labute approximate surface area is 184 Å². The highest BCUT2D eigenvalue weighted by Crippen LogP contribution is 2.28. The summed E-state index contributed by atoms with van der Waals surface area (Å²) < 4.78 is 20.2. The van der Waals surface area contributed by atoms with Crippen LogP contribution in [-0.2, 0) is 18.2 Å². The second-order valence-corrected chi connectivity index (χ2v) is 7.81. The highest BCUT2D eigenvalue weighted by atomic mass is 16.5. The van der Waals surface area contributed by atoms with Gasteiger partial charge in [-0.25, -0.2) is 9.97 Å². The quantitative estimate of drug-likeness (QED) is 0.474. The van der Waals surface area contributed by atoms with Crippen molar-refractivity contribution in [1.82, 2.24) is 24.1 Å². The van der Waals surface area contributed by atoms with Crippen LogP contribution in [0.5, 0.6) is 5.75 Å². The predicted octanol–water partition coefficient (Wildman–Crippen LogP) is 2.95. The summed E-state index contributed by atoms with van der Waals surface area (Å²) in [4.78, 5) is 21.8. The molecule has 166 valence electrons. The van der Waals surface area contributed by atoms with E-state index in [4.69, 9.17) is 18.9 Å². The van der Waals surface area contributed by atoms with Crippen molar-refractivity contribution in [2.45, 2.75) is 19.8 Å². The molecule has 1 amide bonds. The molecule has 0 aliphatic carbocycles. The maximum Gasteiger partial charge on any atom is 0.277 e. The Bertz CT molecular complexity index is 1250. The predicted molar refractivity (Wildman–Crippen MR) is 116 cm³/mol. The zero-order chi connectivity index (χ0) is 22.1. The Hall–Kier alpha value is -3.66. The van der Waals surface area contributed by atoms with Gasteiger partial charge in [0, 0.05) is 44.9 Å². The second-order valence-electron chi connectivity index (χ2n) is 7.81. The molecular weight excluding hydrogens is 412 g/mol. The van der Waals surface area contributed by atoms with Gasteiger partial charge in [0.2, 0.25) is 5.89 Å². The molecule has 0 spiro atoms. The second kappa shape index (κ2) is 8.46. The summed E-state index contributed by atoms with van der Waals surface area (Å²) in [5, 5.41) is 6.97. The first kappa shape index (κ1) is 20.3. The summed E-state index contributed by atoms with van der Waals surface area (Å²) in [6, 6.07) is 1.83. The molecule has 0 bridgehead atoms. The zero-order valence-corrected chi connectivity index (χ0v) is 17.9. The highest BCUT2D eigenvalue weighted by Gasteiger charge is 2.20. The first-order valence-corrected chi connectivity index (χ1v) is 10.6. The van der Waals surface area contributed by atoms with Gasteiger partial charge in [0.25, 0.3) is 5.91 Å². The fraction of sp³-hybridized carbons (Fsp3) is 0.364. The van der Waals surface area contributed by atoms with Crippen LogP contribution < -0.4 is 10.1 Å². The SMILES string of the molecule is CCOc1cc2nc(CC3CCOC3)cn2cc1NC(=O)c1coc(-c2cnn(C)c2)n1. The van der Waals surface area contributed by atoms with Gasteiger partial charge in [0.05, 0.1) is 24.1 Å². The minimum Gasteiger partial charge on any atom is -0.491 e. The number of pyridine rings is 1. The maximum absolute atomic E-state index is 12.8. The molecule has 32 heavy (non-hydrogen) atoms. The number of carbonyl (C=O) groups excluding carboxylic acids is 1. The Morgan fingerprint density at radius 2 is 2.22 bits per heavy atom. The molecule has 10 heteroatoms. The molecule has 1 aliphatic heterocycles. The minimum absolute atomic E-state index is 0.166. The normalized spacial score (nSPS) is 16.0. The summed E-state index contributed by atoms with van der Waals surface area (Å²) in [6.45, 7) is 3.94. The number of amides is 1. The number of carbonyl (C=O) groups is 1. The molecule has 1 atom stereocenters. The van der Waals surface area contributed by atoms with Gasteiger partial charge in [0.15, 0.2) is 5.69 Å². The van der Waals surface area contributed by atoms with Crippen LogP contribution in [0, 0.1) is 5.92 Å². The van der Waals surface area contributed by atoms with Crippen molar-refractivity contribution in [3.8, 4) is 17.2 Å². The molecule has 5 rings (SSSR count). The molecule has 4 aromatic heterocycles. The van der Waals surface area contributed by atoms with E-state index in [2.05, 4.69) is 15.4 Å². The van der Waals surface area contributed by atoms with Gasteiger partial charge < -0.3 is 23.6 Å². The van der Waals surface area contributed by atoms with Gasteiger partial charge in [-0.2, -0.15) is 5.10 Å². The van der Waals surface area contributed by atoms with Crippen LogP contribution in [0.4, 0.5) is 5.69 Å². The van der Waals surface area contributed by atoms with Crippen molar-refractivity contribution in [2.24, 2.45) is 13.0 Å². The standard InChI is InChI=1S/C22H24N6O4/c1-3-31-19-7-20-24-16(6-14-4-5-30-12-14)10-28(20)11-17(19)25-21(29)18-13-32-22(26-18)15-8-23-27(2)9-15/h7-11,13-14H,3-6,12H2,1-2H3,(H,25,29). The number of hydrogen-bond donors (Lipinski definition) is 1. The molecule has 0 saturated carbocycles. The summed E-state index contributed by atoms with van der Waals surface area (Å²) in [5.41, 5.74) is 3.15. The van der Waals surface area contributed by atoms with Gasteiger partial charge in [-0.3, -0.25) is 9.48 Å². The van der Waals surface area contributed by atoms with Crippen LogP contribution in [0.2, 0.25) is 0 Å². The first-order valence-electron chi connectivity index (χ1n) is 10.6. The molecule has 0 aromatic carbocycles. The summed E-state index contributed by atoms with van der Waals surface area (Å²) in [5.74, 6) is 0.976. The molecule has 0 radical (unpaired) electrons. The third kappa shape index (κ3) is 4.09. The summed E-state index contributed by atoms with van der Waals surface area (Å²) in [6.07, 6.45) is 10.4. The van der Waals surface area contributed by atoms with Crippen LogP contribution in [0.3, 0.4) is 0 Å². The van der Waals surface area contributed by atoms with Crippen molar-refractivity contribution >= 4 is 17.2 Å². The van der Waals surface area contributed by atoms with E-state index in [-0.39, 0.29) is 5.69 Å². The fourth-order valence-electron chi connectivity index (χ4n) is 3.80. The zero-order valence-electron chi connectivity index (χ0n) is 17.9. The number of anilines is 1. The lowest BCUT2D eigenvalue weighted by molar-refractivity contribution is 0.102. The number of rotatable bonds is 7. The van der Waals surface area contributed by atoms with Gasteiger partial charge in [0.1, 0.15) is 23.3 Å². The van der Waals surface area contributed by atoms with Gasteiger partial charge in [-0.15, -0.1) is 0 Å². The molecular formula is C22H24N6O4. The van der Waals surface area contributed by atoms with Crippen LogP contribution in [-0.4, -0.2) is 49.9 Å². The smallest absolute Gasteiger partial charge is 0.277 e. The largest absolute Gasteiger partial charge is 0.491 e. The lowest BCUT2D eigenvalue weighted by Crippen LogP contribution is -2.14. The molecule has 1 unspecified atom stereocenters. The van der Waals surface area contributed by atoms with E-state index >= 15 is 0 Å². The Balaban J connectivity index is 1.38. The third-order valence-electron chi connectivity index (χ3n) is 5.36. The number of aromatic nitrogens is 5. The molecule has 1 fully saturated rings. The van der Waals surface area contributed by atoms with Crippen molar-refractivity contribution in [2.75, 3.05) is 25.1 Å². The van der Waals surface area contributed by atoms with Crippen molar-refractivity contribution in [3.05, 3.63) is 48.5 Å². The monoisotopic (exact) mass is 436 g/mol. The van der Waals surface area contributed by atoms with E-state index in [1.54, 1.807) is 24.1 Å². The number of oxazole rings is 1. The molecule has 4 aromatic rings. The number of nitrogens with zero attached hydrogens (tertiary/aromatic N) is 5. The van der Waals surface area contributed by atoms with Crippen molar-refractivity contribution < 1.29 is 18.7 Å². The lowest BCUT2D eigenvalue weighted by atomic mass is 10.0. The lowest BCUT2D eigenvalue weighted by Gasteiger charge is -2.11. The molecule has 1 saturated heterocycles. The topological polar surface area (TPSA) is 109 Å². The Morgan fingerprint density at radius 3 is 2.97 bits per heavy atom. The average molecular weight is 436 g/mol. The van der Waals surface area contributed by atoms with Crippen LogP contribution in [0.25, 0.3) is 17.1 Å². The number of nitrogens with one attached hydrogen (secondary N) is 1. The first-order chi connectivity index (χ1) is 15.6. The fourth-order valence-corrected chi connectivity index (χ4v) is 3.80. The summed E-state index contributed by atoms with van der Waals surface area (Å²) >= 11 is 0. The minimum atomic E-state index is -0.396. The van der Waals surface area contributed by atoms with Crippen LogP contribution in [0.1, 0.15) is 29.5 Å². The van der Waals surface area contributed by atoms with E-state index in [1.807, 2.05) is 29.8 Å². The molecule has 1 N–H and O–H groups in total. The van der Waals surface area contributed by atoms with Gasteiger partial charge in [-0.05, 0) is 25.7 Å².